The van der Waals surface area contributed by atoms with E-state index in [9.17, 15) is 4.79 Å². The highest BCUT2D eigenvalue weighted by Gasteiger charge is 2.06. The summed E-state index contributed by atoms with van der Waals surface area (Å²) in [5.41, 5.74) is 0. The fourth-order valence-corrected chi connectivity index (χ4v) is 1.56. The Morgan fingerprint density at radius 1 is 1.31 bits per heavy atom. The average Bonchev–Trinajstić information content (AvgIpc) is 2.21. The van der Waals surface area contributed by atoms with Crippen molar-refractivity contribution in [2.45, 2.75) is 46.5 Å². The summed E-state index contributed by atoms with van der Waals surface area (Å²) in [5.74, 6) is 0.0596. The number of hydrogen-bond donors (Lipinski definition) is 1. The zero-order valence-electron chi connectivity index (χ0n) is 10.7. The second-order valence-electron chi connectivity index (χ2n) is 4.26. The molecule has 4 heteroatoms. The third-order valence-electron chi connectivity index (χ3n) is 2.83. The van der Waals surface area contributed by atoms with E-state index in [1.807, 2.05) is 0 Å². The number of unbranched alkanes of at least 4 members (excludes halogenated alkanes) is 1. The molecule has 0 saturated heterocycles. The zero-order valence-corrected chi connectivity index (χ0v) is 11.6. The lowest BCUT2D eigenvalue weighted by Gasteiger charge is -2.23. The summed E-state index contributed by atoms with van der Waals surface area (Å²) >= 11 is 0. The molecule has 0 bridgehead atoms. The lowest BCUT2D eigenvalue weighted by atomic mass is 10.1. The maximum Gasteiger partial charge on any atom is 0.303 e. The molecular weight excluding hydrogens is 226 g/mol. The number of carboxylic acid groups (broad SMARTS) is 1. The van der Waals surface area contributed by atoms with Crippen LogP contribution in [-0.2, 0) is 4.79 Å². The highest BCUT2D eigenvalue weighted by atomic mass is 35.5. The molecule has 0 aliphatic heterocycles. The van der Waals surface area contributed by atoms with Crippen molar-refractivity contribution in [1.82, 2.24) is 4.90 Å². The largest absolute Gasteiger partial charge is 0.481 e. The Bertz CT molecular complexity index is 176. The molecule has 0 aromatic carbocycles. The monoisotopic (exact) mass is 251 g/mol. The molecule has 1 N–H and O–H groups in total. The molecule has 1 atom stereocenters. The van der Waals surface area contributed by atoms with Crippen LogP contribution in [-0.4, -0.2) is 35.6 Å². The van der Waals surface area contributed by atoms with Crippen LogP contribution >= 0.6 is 12.4 Å². The van der Waals surface area contributed by atoms with Crippen LogP contribution in [0.25, 0.3) is 0 Å². The van der Waals surface area contributed by atoms with Gasteiger partial charge in [0.05, 0.1) is 0 Å². The maximum atomic E-state index is 10.3. The molecule has 0 spiro atoms. The van der Waals surface area contributed by atoms with Gasteiger partial charge < -0.3 is 10.0 Å². The van der Waals surface area contributed by atoms with E-state index in [2.05, 4.69) is 25.7 Å². The smallest absolute Gasteiger partial charge is 0.303 e. The van der Waals surface area contributed by atoms with Crippen LogP contribution < -0.4 is 0 Å². The lowest BCUT2D eigenvalue weighted by molar-refractivity contribution is -0.137. The molecule has 0 amide bonds. The van der Waals surface area contributed by atoms with Crippen molar-refractivity contribution >= 4 is 18.4 Å². The summed E-state index contributed by atoms with van der Waals surface area (Å²) in [6.45, 7) is 9.88. The molecule has 3 nitrogen and oxygen atoms in total. The second kappa shape index (κ2) is 11.2. The van der Waals surface area contributed by atoms with Gasteiger partial charge in [0, 0.05) is 13.0 Å². The Hall–Kier alpha value is -0.280. The van der Waals surface area contributed by atoms with Crippen molar-refractivity contribution in [2.75, 3.05) is 19.6 Å². The Morgan fingerprint density at radius 3 is 2.38 bits per heavy atom. The van der Waals surface area contributed by atoms with Crippen LogP contribution in [0.15, 0.2) is 0 Å². The summed E-state index contributed by atoms with van der Waals surface area (Å²) in [4.78, 5) is 12.7. The first-order valence-electron chi connectivity index (χ1n) is 6.04. The summed E-state index contributed by atoms with van der Waals surface area (Å²) in [5, 5.41) is 8.51. The number of carboxylic acids is 1. The van der Waals surface area contributed by atoms with E-state index in [4.69, 9.17) is 5.11 Å². The molecule has 0 saturated carbocycles. The van der Waals surface area contributed by atoms with Gasteiger partial charge in [-0.1, -0.05) is 27.2 Å². The van der Waals surface area contributed by atoms with Gasteiger partial charge in [-0.2, -0.15) is 0 Å². The molecule has 0 aromatic heterocycles. The van der Waals surface area contributed by atoms with Crippen molar-refractivity contribution in [3.63, 3.8) is 0 Å². The normalized spacial score (nSPS) is 12.2. The Balaban J connectivity index is 0. The van der Waals surface area contributed by atoms with Gasteiger partial charge in [-0.15, -0.1) is 12.4 Å². The minimum atomic E-state index is -0.681. The quantitative estimate of drug-likeness (QED) is 0.641. The van der Waals surface area contributed by atoms with Gasteiger partial charge in [0.2, 0.25) is 0 Å². The van der Waals surface area contributed by atoms with Gasteiger partial charge in [0.25, 0.3) is 0 Å². The second-order valence-corrected chi connectivity index (χ2v) is 4.26. The van der Waals surface area contributed by atoms with Gasteiger partial charge in [0.15, 0.2) is 0 Å². The van der Waals surface area contributed by atoms with Crippen LogP contribution in [0.1, 0.15) is 46.5 Å². The average molecular weight is 252 g/mol. The van der Waals surface area contributed by atoms with Gasteiger partial charge in [0.1, 0.15) is 0 Å². The molecule has 1 unspecified atom stereocenters. The number of aliphatic carboxylic acids is 1. The van der Waals surface area contributed by atoms with Crippen molar-refractivity contribution in [3.8, 4) is 0 Å². The fourth-order valence-electron chi connectivity index (χ4n) is 1.56. The fraction of sp³-hybridized carbons (Fsp3) is 0.917. The molecule has 0 fully saturated rings. The third kappa shape index (κ3) is 10.2. The molecule has 0 aliphatic carbocycles. The van der Waals surface area contributed by atoms with Crippen molar-refractivity contribution in [2.24, 2.45) is 5.92 Å². The molecule has 0 heterocycles. The van der Waals surface area contributed by atoms with Crippen LogP contribution in [0, 0.1) is 5.92 Å². The van der Waals surface area contributed by atoms with Gasteiger partial charge in [-0.05, 0) is 31.8 Å². The number of rotatable bonds is 9. The summed E-state index contributed by atoms with van der Waals surface area (Å²) in [7, 11) is 0. The highest BCUT2D eigenvalue weighted by molar-refractivity contribution is 5.85. The highest BCUT2D eigenvalue weighted by Crippen LogP contribution is 2.06. The van der Waals surface area contributed by atoms with Crippen LogP contribution in [0.4, 0.5) is 0 Å². The van der Waals surface area contributed by atoms with Gasteiger partial charge >= 0.3 is 5.97 Å². The number of halogens is 1. The Labute approximate surface area is 106 Å². The van der Waals surface area contributed by atoms with E-state index in [-0.39, 0.29) is 12.4 Å². The van der Waals surface area contributed by atoms with Gasteiger partial charge in [-0.25, -0.2) is 0 Å². The lowest BCUT2D eigenvalue weighted by Crippen LogP contribution is -2.29. The first kappa shape index (κ1) is 18.1. The summed E-state index contributed by atoms with van der Waals surface area (Å²) in [6, 6.07) is 0. The van der Waals surface area contributed by atoms with E-state index in [0.29, 0.717) is 6.42 Å². The number of hydrogen-bond acceptors (Lipinski definition) is 2. The minimum absolute atomic E-state index is 0. The van der Waals surface area contributed by atoms with Crippen molar-refractivity contribution in [1.29, 1.82) is 0 Å². The summed E-state index contributed by atoms with van der Waals surface area (Å²) < 4.78 is 0. The van der Waals surface area contributed by atoms with E-state index in [0.717, 1.165) is 38.4 Å². The minimum Gasteiger partial charge on any atom is -0.481 e. The zero-order chi connectivity index (χ0) is 11.7. The Morgan fingerprint density at radius 2 is 1.94 bits per heavy atom. The topological polar surface area (TPSA) is 40.5 Å². The van der Waals surface area contributed by atoms with E-state index < -0.39 is 5.97 Å². The first-order chi connectivity index (χ1) is 7.10. The molecule has 16 heavy (non-hydrogen) atoms. The first-order valence-corrected chi connectivity index (χ1v) is 6.04. The van der Waals surface area contributed by atoms with Crippen LogP contribution in [0.5, 0.6) is 0 Å². The number of carbonyl (C=O) groups is 1. The number of nitrogens with zero attached hydrogens (tertiary/aromatic N) is 1. The SMILES string of the molecule is CCC(C)CN(CC)CCCCC(=O)O.Cl. The summed E-state index contributed by atoms with van der Waals surface area (Å²) in [6.07, 6.45) is 3.31. The van der Waals surface area contributed by atoms with Crippen molar-refractivity contribution in [3.05, 3.63) is 0 Å². The predicted octanol–water partition coefficient (Wildman–Crippen LogP) is 3.03. The molecule has 98 valence electrons. The molecule has 0 radical (unpaired) electrons. The Kier molecular flexibility index (Phi) is 12.7. The van der Waals surface area contributed by atoms with E-state index in [1.54, 1.807) is 0 Å². The van der Waals surface area contributed by atoms with E-state index in [1.165, 1.54) is 6.42 Å². The molecule has 0 rings (SSSR count). The van der Waals surface area contributed by atoms with Crippen molar-refractivity contribution < 1.29 is 9.90 Å². The maximum absolute atomic E-state index is 10.3. The van der Waals surface area contributed by atoms with Crippen LogP contribution in [0.2, 0.25) is 0 Å². The molecule has 0 aliphatic rings. The molecule has 0 aromatic rings. The van der Waals surface area contributed by atoms with E-state index >= 15 is 0 Å². The van der Waals surface area contributed by atoms with Gasteiger partial charge in [-0.3, -0.25) is 4.79 Å². The predicted molar refractivity (Wildman–Crippen MR) is 70.3 cm³/mol. The third-order valence-corrected chi connectivity index (χ3v) is 2.83. The van der Waals surface area contributed by atoms with Crippen LogP contribution in [0.3, 0.4) is 0 Å². The molecular formula is C12H26ClNO2. The standard InChI is InChI=1S/C12H25NO2.ClH/c1-4-11(3)10-13(5-2)9-7-6-8-12(14)15;/h11H,4-10H2,1-3H3,(H,14,15);1H.